The average Bonchev–Trinajstić information content (AvgIpc) is 2.56. The third-order valence-electron chi connectivity index (χ3n) is 3.65. The van der Waals surface area contributed by atoms with Crippen molar-refractivity contribution in [1.82, 2.24) is 9.29 Å². The van der Waals surface area contributed by atoms with Crippen molar-refractivity contribution in [2.75, 3.05) is 18.4 Å². The van der Waals surface area contributed by atoms with Gasteiger partial charge in [0.15, 0.2) is 0 Å². The molecule has 120 valence electrons. The summed E-state index contributed by atoms with van der Waals surface area (Å²) in [5, 5.41) is 2.73. The molecule has 0 aliphatic carbocycles. The van der Waals surface area contributed by atoms with Gasteiger partial charge in [-0.15, -0.1) is 0 Å². The van der Waals surface area contributed by atoms with E-state index in [9.17, 15) is 9.18 Å². The fourth-order valence-corrected chi connectivity index (χ4v) is 3.55. The summed E-state index contributed by atoms with van der Waals surface area (Å²) in [7, 11) is 0. The van der Waals surface area contributed by atoms with Gasteiger partial charge in [-0.3, -0.25) is 4.79 Å². The van der Waals surface area contributed by atoms with E-state index in [0.29, 0.717) is 5.69 Å². The third-order valence-corrected chi connectivity index (χ3v) is 4.73. The van der Waals surface area contributed by atoms with Gasteiger partial charge in [-0.05, 0) is 55.1 Å². The Bertz CT molecular complexity index is 689. The van der Waals surface area contributed by atoms with Gasteiger partial charge in [-0.1, -0.05) is 12.5 Å². The zero-order valence-electron chi connectivity index (χ0n) is 12.7. The number of carbonyl (C=O) groups excluding carboxylic acids is 1. The van der Waals surface area contributed by atoms with Crippen LogP contribution in [0.4, 0.5) is 10.1 Å². The summed E-state index contributed by atoms with van der Waals surface area (Å²) in [4.78, 5) is 16.7. The lowest BCUT2D eigenvalue weighted by molar-refractivity contribution is 0.102. The van der Waals surface area contributed by atoms with Gasteiger partial charge in [0.25, 0.3) is 5.91 Å². The molecule has 1 saturated heterocycles. The molecule has 0 radical (unpaired) electrons. The van der Waals surface area contributed by atoms with Crippen LogP contribution < -0.4 is 5.32 Å². The molecule has 6 heteroatoms. The first-order valence-corrected chi connectivity index (χ1v) is 8.44. The van der Waals surface area contributed by atoms with Gasteiger partial charge >= 0.3 is 0 Å². The zero-order chi connectivity index (χ0) is 16.1. The van der Waals surface area contributed by atoms with Crippen LogP contribution >= 0.6 is 11.9 Å². The molecule has 0 saturated carbocycles. The van der Waals surface area contributed by atoms with Crippen LogP contribution in [-0.2, 0) is 0 Å². The van der Waals surface area contributed by atoms with Crippen LogP contribution in [0.5, 0.6) is 0 Å². The SMILES string of the molecule is O=C(Nc1cccc(SN2CCCCC2)c1)c1cccnc1F. The van der Waals surface area contributed by atoms with E-state index in [1.807, 2.05) is 18.2 Å². The number of anilines is 1. The Morgan fingerprint density at radius 3 is 2.78 bits per heavy atom. The van der Waals surface area contributed by atoms with Gasteiger partial charge in [0.2, 0.25) is 5.95 Å². The van der Waals surface area contributed by atoms with Crippen LogP contribution in [0, 0.1) is 5.95 Å². The predicted octanol–water partition coefficient (Wildman–Crippen LogP) is 3.97. The molecule has 1 aliphatic rings. The molecule has 4 nitrogen and oxygen atoms in total. The molecular weight excluding hydrogens is 313 g/mol. The smallest absolute Gasteiger partial charge is 0.260 e. The van der Waals surface area contributed by atoms with E-state index in [2.05, 4.69) is 14.6 Å². The second kappa shape index (κ2) is 7.57. The number of hydrogen-bond acceptors (Lipinski definition) is 4. The van der Waals surface area contributed by atoms with E-state index in [-0.39, 0.29) is 5.56 Å². The number of rotatable bonds is 4. The van der Waals surface area contributed by atoms with Gasteiger partial charge in [-0.2, -0.15) is 4.39 Å². The van der Waals surface area contributed by atoms with Crippen LogP contribution in [0.3, 0.4) is 0 Å². The number of nitrogens with zero attached hydrogens (tertiary/aromatic N) is 2. The maximum Gasteiger partial charge on any atom is 0.260 e. The van der Waals surface area contributed by atoms with Crippen LogP contribution in [-0.4, -0.2) is 28.3 Å². The average molecular weight is 331 g/mol. The van der Waals surface area contributed by atoms with Crippen molar-refractivity contribution < 1.29 is 9.18 Å². The van der Waals surface area contributed by atoms with Crippen molar-refractivity contribution in [1.29, 1.82) is 0 Å². The molecule has 1 aromatic carbocycles. The monoisotopic (exact) mass is 331 g/mol. The Labute approximate surface area is 139 Å². The van der Waals surface area contributed by atoms with Gasteiger partial charge in [-0.25, -0.2) is 9.29 Å². The lowest BCUT2D eigenvalue weighted by atomic mass is 10.2. The Morgan fingerprint density at radius 1 is 1.17 bits per heavy atom. The molecule has 2 heterocycles. The zero-order valence-corrected chi connectivity index (χ0v) is 13.5. The summed E-state index contributed by atoms with van der Waals surface area (Å²) in [5.41, 5.74) is 0.599. The van der Waals surface area contributed by atoms with Crippen LogP contribution in [0.25, 0.3) is 0 Å². The molecule has 1 aromatic heterocycles. The Balaban J connectivity index is 1.67. The molecule has 1 amide bonds. The van der Waals surface area contributed by atoms with Crippen LogP contribution in [0.15, 0.2) is 47.5 Å². The highest BCUT2D eigenvalue weighted by molar-refractivity contribution is 7.97. The van der Waals surface area contributed by atoms with E-state index in [4.69, 9.17) is 0 Å². The highest BCUT2D eigenvalue weighted by Crippen LogP contribution is 2.28. The standard InChI is InChI=1S/C17H18FN3OS/c18-16-15(8-5-9-19-16)17(22)20-13-6-4-7-14(12-13)23-21-10-2-1-3-11-21/h4-9,12H,1-3,10-11H2,(H,20,22). The summed E-state index contributed by atoms with van der Waals surface area (Å²) in [6.45, 7) is 2.17. The van der Waals surface area contributed by atoms with E-state index >= 15 is 0 Å². The minimum Gasteiger partial charge on any atom is -0.322 e. The third kappa shape index (κ3) is 4.30. The fraction of sp³-hybridized carbons (Fsp3) is 0.294. The summed E-state index contributed by atoms with van der Waals surface area (Å²) in [5.74, 6) is -1.25. The highest BCUT2D eigenvalue weighted by Gasteiger charge is 2.14. The summed E-state index contributed by atoms with van der Waals surface area (Å²) in [6.07, 6.45) is 5.07. The number of halogens is 1. The molecule has 0 bridgehead atoms. The maximum absolute atomic E-state index is 13.5. The minimum atomic E-state index is -0.760. The largest absolute Gasteiger partial charge is 0.322 e. The fourth-order valence-electron chi connectivity index (χ4n) is 2.49. The van der Waals surface area contributed by atoms with Crippen molar-refractivity contribution in [2.45, 2.75) is 24.2 Å². The van der Waals surface area contributed by atoms with Crippen LogP contribution in [0.1, 0.15) is 29.6 Å². The number of carbonyl (C=O) groups is 1. The van der Waals surface area contributed by atoms with E-state index in [1.165, 1.54) is 31.5 Å². The van der Waals surface area contributed by atoms with Gasteiger partial charge in [0, 0.05) is 29.9 Å². The molecular formula is C17H18FN3OS. The Hall–Kier alpha value is -1.92. The lowest BCUT2D eigenvalue weighted by Gasteiger charge is -2.25. The van der Waals surface area contributed by atoms with Crippen molar-refractivity contribution in [3.8, 4) is 0 Å². The molecule has 23 heavy (non-hydrogen) atoms. The summed E-state index contributed by atoms with van der Waals surface area (Å²) in [6, 6.07) is 10.6. The predicted molar refractivity (Wildman–Crippen MR) is 89.9 cm³/mol. The number of piperidine rings is 1. The first-order valence-electron chi connectivity index (χ1n) is 7.67. The molecule has 1 fully saturated rings. The van der Waals surface area contributed by atoms with Gasteiger partial charge < -0.3 is 5.32 Å². The number of pyridine rings is 1. The van der Waals surface area contributed by atoms with Crippen molar-refractivity contribution >= 4 is 23.5 Å². The van der Waals surface area contributed by atoms with Gasteiger partial charge in [0.1, 0.15) is 0 Å². The molecule has 0 spiro atoms. The minimum absolute atomic E-state index is 0.0541. The maximum atomic E-state index is 13.5. The van der Waals surface area contributed by atoms with E-state index in [0.717, 1.165) is 18.0 Å². The summed E-state index contributed by atoms with van der Waals surface area (Å²) < 4.78 is 15.9. The number of aromatic nitrogens is 1. The molecule has 2 aromatic rings. The molecule has 0 atom stereocenters. The molecule has 0 unspecified atom stereocenters. The van der Waals surface area contributed by atoms with Gasteiger partial charge in [0.05, 0.1) is 5.56 Å². The first-order chi connectivity index (χ1) is 11.2. The number of nitrogens with one attached hydrogen (secondary N) is 1. The van der Waals surface area contributed by atoms with Crippen molar-refractivity contribution in [3.63, 3.8) is 0 Å². The number of hydrogen-bond donors (Lipinski definition) is 1. The Kier molecular flexibility index (Phi) is 5.25. The second-order valence-electron chi connectivity index (χ2n) is 5.40. The molecule has 3 rings (SSSR count). The number of benzene rings is 1. The highest BCUT2D eigenvalue weighted by atomic mass is 32.2. The van der Waals surface area contributed by atoms with Crippen molar-refractivity contribution in [2.24, 2.45) is 0 Å². The quantitative estimate of drug-likeness (QED) is 0.680. The van der Waals surface area contributed by atoms with E-state index < -0.39 is 11.9 Å². The Morgan fingerprint density at radius 2 is 2.00 bits per heavy atom. The number of amides is 1. The molecule has 1 aliphatic heterocycles. The molecule has 1 N–H and O–H groups in total. The topological polar surface area (TPSA) is 45.2 Å². The van der Waals surface area contributed by atoms with Crippen LogP contribution in [0.2, 0.25) is 0 Å². The summed E-state index contributed by atoms with van der Waals surface area (Å²) >= 11 is 1.70. The first kappa shape index (κ1) is 16.0. The van der Waals surface area contributed by atoms with Crippen molar-refractivity contribution in [3.05, 3.63) is 54.1 Å². The van der Waals surface area contributed by atoms with E-state index in [1.54, 1.807) is 24.1 Å². The second-order valence-corrected chi connectivity index (χ2v) is 6.58. The lowest BCUT2D eigenvalue weighted by Crippen LogP contribution is -2.22. The normalized spacial score (nSPS) is 15.3.